The van der Waals surface area contributed by atoms with Crippen LogP contribution >= 0.6 is 0 Å². The highest BCUT2D eigenvalue weighted by atomic mass is 16.7. The van der Waals surface area contributed by atoms with Gasteiger partial charge in [0.2, 0.25) is 0 Å². The van der Waals surface area contributed by atoms with Crippen molar-refractivity contribution in [3.63, 3.8) is 0 Å². The molecule has 33 heteroatoms. The summed E-state index contributed by atoms with van der Waals surface area (Å²) in [6, 6.07) is 0. The zero-order valence-corrected chi connectivity index (χ0v) is 66.1. The summed E-state index contributed by atoms with van der Waals surface area (Å²) in [6.45, 7) is 32.5. The monoisotopic (exact) mass is 1590 g/mol. The number of epoxide rings is 2. The zero-order valence-electron chi connectivity index (χ0n) is 66.1. The third kappa shape index (κ3) is 43.6. The molecule has 0 aromatic carbocycles. The molecule has 8 atom stereocenters. The Bertz CT molecular complexity index is 2360. The fraction of sp³-hybridized carbons (Fsp3) is 0.846. The Morgan fingerprint density at radius 1 is 0.306 bits per heavy atom. The Hall–Kier alpha value is -4.16. The number of allylic oxidation sites excluding steroid dienone is 2. The summed E-state index contributed by atoms with van der Waals surface area (Å²) in [5.74, 6) is -1.88. The summed E-state index contributed by atoms with van der Waals surface area (Å²) in [6.07, 6.45) is 7.74. The number of rotatable bonds is 74. The lowest BCUT2D eigenvalue weighted by Gasteiger charge is -2.19. The Labute approximate surface area is 655 Å². The molecule has 0 radical (unpaired) electrons. The smallest absolute Gasteiger partial charge is 0.334 e. The van der Waals surface area contributed by atoms with E-state index in [0.717, 1.165) is 12.8 Å². The third-order valence-corrected chi connectivity index (χ3v) is 18.3. The van der Waals surface area contributed by atoms with Gasteiger partial charge in [-0.1, -0.05) is 25.3 Å². The lowest BCUT2D eigenvalue weighted by molar-refractivity contribution is -0.142. The van der Waals surface area contributed by atoms with Crippen molar-refractivity contribution in [1.29, 1.82) is 0 Å². The first kappa shape index (κ1) is 95.7. The van der Waals surface area contributed by atoms with E-state index < -0.39 is 0 Å². The number of hydrogen-bond acceptors (Lipinski definition) is 33. The molecule has 6 aliphatic rings. The second-order valence-corrected chi connectivity index (χ2v) is 26.7. The van der Waals surface area contributed by atoms with Crippen molar-refractivity contribution in [3.8, 4) is 0 Å². The van der Waals surface area contributed by atoms with Crippen LogP contribution < -0.4 is 0 Å². The molecule has 0 aromatic heterocycles. The number of fused-ring (bicyclic) bond motifs is 6. The van der Waals surface area contributed by atoms with Crippen LogP contribution in [0.2, 0.25) is 0 Å². The van der Waals surface area contributed by atoms with Gasteiger partial charge in [0, 0.05) is 34.1 Å². The predicted octanol–water partition coefficient (Wildman–Crippen LogP) is 3.97. The van der Waals surface area contributed by atoms with Gasteiger partial charge in [-0.3, -0.25) is 0 Å². The second kappa shape index (κ2) is 62.1. The molecule has 0 bridgehead atoms. The molecule has 4 fully saturated rings. The first-order chi connectivity index (χ1) is 54.5. The van der Waals surface area contributed by atoms with E-state index in [-0.39, 0.29) is 97.8 Å². The SMILES string of the molecule is C=C1C(=O)O[C@H]2[C@H]1CC/C(C(=O)OCCOCCOCCOCCOCCOCCOCCOCCOCCOCCOCCOCCOCCOCCOCCOCCOCCOCCOCCOCCOCCOCCOCCOCCOC(=O)/C1=C/CC[C@@]3(C)O[C@H]3[C@H]3OC(=O)C(=C)[C@@H]3CC1)=C\CC[C@@]1(C)O[C@@H]21. The van der Waals surface area contributed by atoms with Crippen molar-refractivity contribution >= 4 is 23.9 Å². The highest BCUT2D eigenvalue weighted by Gasteiger charge is 2.63. The van der Waals surface area contributed by atoms with Gasteiger partial charge in [-0.15, -0.1) is 0 Å². The molecule has 2 aliphatic carbocycles. The summed E-state index contributed by atoms with van der Waals surface area (Å²) in [4.78, 5) is 50.1. The molecule has 4 heterocycles. The first-order valence-electron chi connectivity index (χ1n) is 39.7. The van der Waals surface area contributed by atoms with Crippen LogP contribution in [0.3, 0.4) is 0 Å². The molecule has 640 valence electrons. The second-order valence-electron chi connectivity index (χ2n) is 26.7. The van der Waals surface area contributed by atoms with Crippen molar-refractivity contribution in [2.75, 3.05) is 317 Å². The van der Waals surface area contributed by atoms with E-state index in [4.69, 9.17) is 137 Å². The first-order valence-corrected chi connectivity index (χ1v) is 39.7. The van der Waals surface area contributed by atoms with E-state index in [0.29, 0.717) is 352 Å². The van der Waals surface area contributed by atoms with Gasteiger partial charge in [-0.05, 0) is 65.2 Å². The van der Waals surface area contributed by atoms with E-state index in [2.05, 4.69) is 13.2 Å². The molecule has 0 unspecified atom stereocenters. The van der Waals surface area contributed by atoms with Crippen LogP contribution in [-0.4, -0.2) is 377 Å². The Morgan fingerprint density at radius 2 is 0.477 bits per heavy atom. The summed E-state index contributed by atoms with van der Waals surface area (Å²) in [5, 5.41) is 0. The quantitative estimate of drug-likeness (QED) is 0.0273. The number of carbonyl (C=O) groups excluding carboxylic acids is 4. The van der Waals surface area contributed by atoms with Crippen LogP contribution in [-0.2, 0) is 157 Å². The molecule has 33 nitrogen and oxygen atoms in total. The lowest BCUT2D eigenvalue weighted by Crippen LogP contribution is -2.29. The maximum Gasteiger partial charge on any atom is 0.334 e. The van der Waals surface area contributed by atoms with Gasteiger partial charge < -0.3 is 137 Å². The molecule has 4 saturated heterocycles. The van der Waals surface area contributed by atoms with Gasteiger partial charge in [-0.2, -0.15) is 0 Å². The average molecular weight is 1600 g/mol. The van der Waals surface area contributed by atoms with Crippen LogP contribution in [0.5, 0.6) is 0 Å². The highest BCUT2D eigenvalue weighted by molar-refractivity contribution is 5.92. The van der Waals surface area contributed by atoms with Gasteiger partial charge >= 0.3 is 23.9 Å². The van der Waals surface area contributed by atoms with E-state index in [9.17, 15) is 19.2 Å². The maximum absolute atomic E-state index is 12.9. The summed E-state index contributed by atoms with van der Waals surface area (Å²) >= 11 is 0. The van der Waals surface area contributed by atoms with Crippen LogP contribution in [0.15, 0.2) is 47.6 Å². The normalized spacial score (nSPS) is 23.2. The Balaban J connectivity index is 0.524. The highest BCUT2D eigenvalue weighted by Crippen LogP contribution is 2.51. The van der Waals surface area contributed by atoms with Crippen molar-refractivity contribution in [1.82, 2.24) is 0 Å². The molecule has 0 saturated carbocycles. The molecule has 4 aliphatic heterocycles. The van der Waals surface area contributed by atoms with Crippen molar-refractivity contribution in [3.05, 3.63) is 47.6 Å². The average Bonchev–Trinajstić information content (AvgIpc) is 1.59. The minimum atomic E-state index is -0.384. The standard InChI is InChI=1S/C78H130O33/c1-63-67-11-9-65(7-5-13-77(3)71(110-77)69(67)108-73(63)79)75(81)106-61-59-104-57-55-102-53-51-100-49-47-98-45-43-96-41-39-94-37-35-92-33-31-90-29-27-88-25-23-86-21-19-84-17-15-83-16-18-85-20-22-87-24-26-89-28-30-91-32-34-93-36-38-95-40-42-97-44-46-99-48-50-101-52-54-103-56-58-105-60-62-107-76(82)66-8-6-14-78(4)72(111-78)70-68(12-10-66)64(2)74(80)109-70/h7-8,67-72H,1-2,5-6,9-62H2,3-4H3/b65-7+,66-8+/t67-,68-,69-,70-,71-,72-,77+,78+/m0/s1. The zero-order chi connectivity index (χ0) is 78.6. The Kier molecular flexibility index (Phi) is 53.6. The van der Waals surface area contributed by atoms with Crippen LogP contribution in [0.25, 0.3) is 0 Å². The van der Waals surface area contributed by atoms with E-state index in [1.54, 1.807) is 0 Å². The molecular weight excluding hydrogens is 1460 g/mol. The third-order valence-electron chi connectivity index (χ3n) is 18.3. The number of carbonyl (C=O) groups is 4. The molecule has 0 N–H and O–H groups in total. The van der Waals surface area contributed by atoms with Gasteiger partial charge in [0.25, 0.3) is 0 Å². The minimum absolute atomic E-state index is 0.126. The molecule has 0 spiro atoms. The van der Waals surface area contributed by atoms with Crippen molar-refractivity contribution < 1.29 is 157 Å². The largest absolute Gasteiger partial charge is 0.460 e. The van der Waals surface area contributed by atoms with Crippen LogP contribution in [0, 0.1) is 11.8 Å². The fourth-order valence-electron chi connectivity index (χ4n) is 12.0. The molecule has 0 amide bonds. The number of ether oxygens (including phenoxy) is 29. The van der Waals surface area contributed by atoms with Crippen molar-refractivity contribution in [2.24, 2.45) is 11.8 Å². The van der Waals surface area contributed by atoms with Gasteiger partial charge in [-0.25, -0.2) is 19.2 Å². The summed E-state index contributed by atoms with van der Waals surface area (Å²) in [5.41, 5.74) is 1.33. The van der Waals surface area contributed by atoms with Gasteiger partial charge in [0.05, 0.1) is 315 Å². The van der Waals surface area contributed by atoms with E-state index in [1.807, 2.05) is 26.0 Å². The van der Waals surface area contributed by atoms with E-state index in [1.165, 1.54) is 0 Å². The van der Waals surface area contributed by atoms with Gasteiger partial charge in [0.1, 0.15) is 37.6 Å². The van der Waals surface area contributed by atoms with Gasteiger partial charge in [0.15, 0.2) is 0 Å². The summed E-state index contributed by atoms with van der Waals surface area (Å²) in [7, 11) is 0. The van der Waals surface area contributed by atoms with Crippen LogP contribution in [0.1, 0.15) is 65.2 Å². The lowest BCUT2D eigenvalue weighted by atomic mass is 9.84. The minimum Gasteiger partial charge on any atom is -0.460 e. The molecule has 111 heavy (non-hydrogen) atoms. The maximum atomic E-state index is 12.9. The number of hydrogen-bond donors (Lipinski definition) is 0. The molecule has 0 aromatic rings. The Morgan fingerprint density at radius 3 is 0.658 bits per heavy atom. The fourth-order valence-corrected chi connectivity index (χ4v) is 12.0. The molecule has 6 rings (SSSR count). The van der Waals surface area contributed by atoms with Crippen molar-refractivity contribution in [2.45, 2.75) is 101 Å². The topological polar surface area (TPSA) is 343 Å². The van der Waals surface area contributed by atoms with E-state index >= 15 is 0 Å². The summed E-state index contributed by atoms with van der Waals surface area (Å²) < 4.78 is 162. The molecular formula is C78H130O33. The van der Waals surface area contributed by atoms with Crippen LogP contribution in [0.4, 0.5) is 0 Å². The number of esters is 4. The predicted molar refractivity (Wildman–Crippen MR) is 395 cm³/mol.